The molecule has 1 aliphatic heterocycles. The van der Waals surface area contributed by atoms with Gasteiger partial charge in [-0.2, -0.15) is 0 Å². The first kappa shape index (κ1) is 15.6. The van der Waals surface area contributed by atoms with Crippen LogP contribution < -0.4 is 0 Å². The predicted octanol–water partition coefficient (Wildman–Crippen LogP) is 2.46. The molecule has 1 fully saturated rings. The zero-order valence-electron chi connectivity index (χ0n) is 13.0. The van der Waals surface area contributed by atoms with E-state index in [0.717, 1.165) is 29.8 Å². The van der Waals surface area contributed by atoms with E-state index >= 15 is 0 Å². The van der Waals surface area contributed by atoms with Crippen LogP contribution in [-0.2, 0) is 0 Å². The Balaban J connectivity index is 2.21. The minimum Gasteiger partial charge on any atom is -0.395 e. The summed E-state index contributed by atoms with van der Waals surface area (Å²) in [5, 5.41) is 8.76. The Morgan fingerprint density at radius 1 is 1.33 bits per heavy atom. The molecule has 2 rings (SSSR count). The first-order chi connectivity index (χ1) is 10.0. The molecule has 1 N–H and O–H groups in total. The Morgan fingerprint density at radius 3 is 2.62 bits per heavy atom. The molecule has 0 aromatic heterocycles. The summed E-state index contributed by atoms with van der Waals surface area (Å²) in [6, 6.07) is 5.74. The standard InChI is InChI=1S/C18H23NO2/c1-13-7-8-16(6-4-5-9-20)10-17(13)18(21)19-11-14(2)15(3)12-19/h7-8,10,14-15,20H,5,9,11-12H2,1-3H3. The zero-order chi connectivity index (χ0) is 15.4. The van der Waals surface area contributed by atoms with E-state index in [1.165, 1.54) is 0 Å². The number of hydrogen-bond donors (Lipinski definition) is 1. The van der Waals surface area contributed by atoms with Crippen LogP contribution in [0.4, 0.5) is 0 Å². The van der Waals surface area contributed by atoms with Crippen LogP contribution in [-0.4, -0.2) is 35.6 Å². The highest BCUT2D eigenvalue weighted by atomic mass is 16.2. The van der Waals surface area contributed by atoms with Crippen molar-refractivity contribution < 1.29 is 9.90 Å². The molecule has 0 bridgehead atoms. The number of carbonyl (C=O) groups is 1. The van der Waals surface area contributed by atoms with Crippen LogP contribution in [0.2, 0.25) is 0 Å². The average molecular weight is 285 g/mol. The number of rotatable bonds is 2. The summed E-state index contributed by atoms with van der Waals surface area (Å²) >= 11 is 0. The van der Waals surface area contributed by atoms with E-state index in [1.54, 1.807) is 0 Å². The molecule has 112 valence electrons. The van der Waals surface area contributed by atoms with E-state index in [4.69, 9.17) is 5.11 Å². The fourth-order valence-electron chi connectivity index (χ4n) is 2.62. The van der Waals surface area contributed by atoms with E-state index in [-0.39, 0.29) is 12.5 Å². The zero-order valence-corrected chi connectivity index (χ0v) is 13.0. The normalized spacial score (nSPS) is 21.0. The summed E-state index contributed by atoms with van der Waals surface area (Å²) < 4.78 is 0. The minimum absolute atomic E-state index is 0.0637. The topological polar surface area (TPSA) is 40.5 Å². The Bertz CT molecular complexity index is 573. The average Bonchev–Trinajstić information content (AvgIpc) is 2.80. The highest BCUT2D eigenvalue weighted by Gasteiger charge is 2.30. The van der Waals surface area contributed by atoms with Crippen LogP contribution in [0.3, 0.4) is 0 Å². The number of benzene rings is 1. The number of carbonyl (C=O) groups excluding carboxylic acids is 1. The monoisotopic (exact) mass is 285 g/mol. The smallest absolute Gasteiger partial charge is 0.254 e. The van der Waals surface area contributed by atoms with E-state index in [2.05, 4.69) is 25.7 Å². The Hall–Kier alpha value is -1.79. The maximum absolute atomic E-state index is 12.7. The lowest BCUT2D eigenvalue weighted by molar-refractivity contribution is 0.0784. The van der Waals surface area contributed by atoms with Crippen molar-refractivity contribution in [3.8, 4) is 11.8 Å². The molecule has 1 aromatic carbocycles. The highest BCUT2D eigenvalue weighted by molar-refractivity contribution is 5.96. The molecule has 1 amide bonds. The largest absolute Gasteiger partial charge is 0.395 e. The van der Waals surface area contributed by atoms with E-state index in [9.17, 15) is 4.79 Å². The third-order valence-electron chi connectivity index (χ3n) is 4.21. The third kappa shape index (κ3) is 3.65. The molecule has 21 heavy (non-hydrogen) atoms. The molecule has 1 aliphatic rings. The quantitative estimate of drug-likeness (QED) is 0.848. The van der Waals surface area contributed by atoms with Crippen molar-refractivity contribution in [1.29, 1.82) is 0 Å². The van der Waals surface area contributed by atoms with E-state index < -0.39 is 0 Å². The third-order valence-corrected chi connectivity index (χ3v) is 4.21. The van der Waals surface area contributed by atoms with Crippen molar-refractivity contribution in [2.24, 2.45) is 11.8 Å². The maximum Gasteiger partial charge on any atom is 0.254 e. The minimum atomic E-state index is 0.0637. The van der Waals surface area contributed by atoms with Crippen LogP contribution in [0.25, 0.3) is 0 Å². The van der Waals surface area contributed by atoms with Gasteiger partial charge in [0.05, 0.1) is 6.61 Å². The van der Waals surface area contributed by atoms with Crippen molar-refractivity contribution in [1.82, 2.24) is 4.90 Å². The molecular formula is C18H23NO2. The van der Waals surface area contributed by atoms with Crippen molar-refractivity contribution in [3.05, 3.63) is 34.9 Å². The molecule has 0 aliphatic carbocycles. The molecule has 2 atom stereocenters. The van der Waals surface area contributed by atoms with Gasteiger partial charge in [-0.25, -0.2) is 0 Å². The van der Waals surface area contributed by atoms with Gasteiger partial charge in [0.2, 0.25) is 0 Å². The first-order valence-electron chi connectivity index (χ1n) is 7.52. The van der Waals surface area contributed by atoms with Gasteiger partial charge in [-0.3, -0.25) is 4.79 Å². The highest BCUT2D eigenvalue weighted by Crippen LogP contribution is 2.24. The second-order valence-corrected chi connectivity index (χ2v) is 5.97. The van der Waals surface area contributed by atoms with Gasteiger partial charge >= 0.3 is 0 Å². The lowest BCUT2D eigenvalue weighted by Crippen LogP contribution is -2.29. The second kappa shape index (κ2) is 6.78. The molecular weight excluding hydrogens is 262 g/mol. The number of aliphatic hydroxyl groups is 1. The van der Waals surface area contributed by atoms with Crippen molar-refractivity contribution >= 4 is 5.91 Å². The molecule has 0 saturated carbocycles. The van der Waals surface area contributed by atoms with Gasteiger partial charge in [-0.05, 0) is 36.5 Å². The first-order valence-corrected chi connectivity index (χ1v) is 7.52. The fourth-order valence-corrected chi connectivity index (χ4v) is 2.62. The van der Waals surface area contributed by atoms with Gasteiger partial charge in [-0.15, -0.1) is 0 Å². The predicted molar refractivity (Wildman–Crippen MR) is 84.0 cm³/mol. The summed E-state index contributed by atoms with van der Waals surface area (Å²) in [6.07, 6.45) is 0.457. The molecule has 0 spiro atoms. The lowest BCUT2D eigenvalue weighted by Gasteiger charge is -2.17. The van der Waals surface area contributed by atoms with Gasteiger partial charge in [0.1, 0.15) is 0 Å². The summed E-state index contributed by atoms with van der Waals surface area (Å²) in [5.41, 5.74) is 2.56. The molecule has 0 radical (unpaired) electrons. The van der Waals surface area contributed by atoms with Crippen LogP contribution >= 0.6 is 0 Å². The second-order valence-electron chi connectivity index (χ2n) is 5.97. The van der Waals surface area contributed by atoms with Crippen LogP contribution in [0.5, 0.6) is 0 Å². The number of likely N-dealkylation sites (tertiary alicyclic amines) is 1. The SMILES string of the molecule is Cc1ccc(C#CCCO)cc1C(=O)N1CC(C)C(C)C1. The van der Waals surface area contributed by atoms with Crippen LogP contribution in [0.15, 0.2) is 18.2 Å². The number of amides is 1. The van der Waals surface area contributed by atoms with Crippen molar-refractivity contribution in [2.75, 3.05) is 19.7 Å². The summed E-state index contributed by atoms with van der Waals surface area (Å²) in [7, 11) is 0. The van der Waals surface area contributed by atoms with Gasteiger partial charge in [0.15, 0.2) is 0 Å². The number of aliphatic hydroxyl groups excluding tert-OH is 1. The number of aryl methyl sites for hydroxylation is 1. The molecule has 2 unspecified atom stereocenters. The fraction of sp³-hybridized carbons (Fsp3) is 0.500. The van der Waals surface area contributed by atoms with Gasteiger partial charge in [0, 0.05) is 30.6 Å². The van der Waals surface area contributed by atoms with Gasteiger partial charge in [-0.1, -0.05) is 31.8 Å². The van der Waals surface area contributed by atoms with Gasteiger partial charge < -0.3 is 10.0 Å². The van der Waals surface area contributed by atoms with Crippen LogP contribution in [0, 0.1) is 30.6 Å². The molecule has 3 heteroatoms. The molecule has 1 aromatic rings. The molecule has 1 saturated heterocycles. The maximum atomic E-state index is 12.7. The van der Waals surface area contributed by atoms with Gasteiger partial charge in [0.25, 0.3) is 5.91 Å². The van der Waals surface area contributed by atoms with Crippen molar-refractivity contribution in [3.63, 3.8) is 0 Å². The Kier molecular flexibility index (Phi) is 5.03. The number of hydrogen-bond acceptors (Lipinski definition) is 2. The molecule has 1 heterocycles. The number of nitrogens with zero attached hydrogens (tertiary/aromatic N) is 1. The summed E-state index contributed by atoms with van der Waals surface area (Å²) in [6.45, 7) is 8.08. The van der Waals surface area contributed by atoms with E-state index in [0.29, 0.717) is 18.3 Å². The Morgan fingerprint density at radius 2 is 2.00 bits per heavy atom. The van der Waals surface area contributed by atoms with Crippen molar-refractivity contribution in [2.45, 2.75) is 27.2 Å². The van der Waals surface area contributed by atoms with Crippen LogP contribution in [0.1, 0.15) is 41.8 Å². The summed E-state index contributed by atoms with van der Waals surface area (Å²) in [5.74, 6) is 7.11. The lowest BCUT2D eigenvalue weighted by atomic mass is 10.0. The summed E-state index contributed by atoms with van der Waals surface area (Å²) in [4.78, 5) is 14.6. The molecule has 3 nitrogen and oxygen atoms in total. The van der Waals surface area contributed by atoms with E-state index in [1.807, 2.05) is 30.0 Å². The Labute approximate surface area is 127 Å².